The number of aryl methyl sites for hydroxylation is 1. The summed E-state index contributed by atoms with van der Waals surface area (Å²) >= 11 is 0.390. The van der Waals surface area contributed by atoms with Crippen molar-refractivity contribution in [2.24, 2.45) is 0 Å². The van der Waals surface area contributed by atoms with E-state index in [0.29, 0.717) is 33.6 Å². The Morgan fingerprint density at radius 1 is 1.24 bits per heavy atom. The quantitative estimate of drug-likeness (QED) is 0.659. The number of halogens is 2. The lowest BCUT2D eigenvalue weighted by Crippen LogP contribution is -2.14. The third kappa shape index (κ3) is 3.95. The Bertz CT molecular complexity index is 662. The average molecular weight is 308 g/mol. The van der Waals surface area contributed by atoms with Gasteiger partial charge in [-0.2, -0.15) is 8.78 Å². The zero-order valence-corrected chi connectivity index (χ0v) is 12.1. The minimum atomic E-state index is -2.55. The van der Waals surface area contributed by atoms with Crippen LogP contribution < -0.4 is 11.1 Å². The Kier molecular flexibility index (Phi) is 4.80. The number of rotatable bonds is 4. The molecule has 0 saturated heterocycles. The molecule has 0 atom stereocenters. The molecule has 0 fully saturated rings. The van der Waals surface area contributed by atoms with E-state index < -0.39 is 11.7 Å². The Morgan fingerprint density at radius 3 is 2.62 bits per heavy atom. The van der Waals surface area contributed by atoms with E-state index in [1.54, 1.807) is 36.4 Å². The monoisotopic (exact) mass is 308 g/mol. The summed E-state index contributed by atoms with van der Waals surface area (Å²) in [5, 5.41) is 2.62. The minimum absolute atomic E-state index is 0.312. The molecule has 0 bridgehead atoms. The van der Waals surface area contributed by atoms with Crippen LogP contribution in [0.5, 0.6) is 0 Å². The SMILES string of the molecule is Cc1ccc(C(=O)Nc2ccccc2SC(F)F)c(N)c1. The van der Waals surface area contributed by atoms with E-state index in [1.807, 2.05) is 6.92 Å². The summed E-state index contributed by atoms with van der Waals surface area (Å²) in [5.74, 6) is -2.97. The molecule has 0 aliphatic rings. The molecule has 21 heavy (non-hydrogen) atoms. The van der Waals surface area contributed by atoms with E-state index in [-0.39, 0.29) is 0 Å². The summed E-state index contributed by atoms with van der Waals surface area (Å²) in [6.45, 7) is 1.87. The van der Waals surface area contributed by atoms with Gasteiger partial charge in [-0.1, -0.05) is 30.0 Å². The van der Waals surface area contributed by atoms with Crippen LogP contribution in [0.2, 0.25) is 0 Å². The summed E-state index contributed by atoms with van der Waals surface area (Å²) in [7, 11) is 0. The third-order valence-corrected chi connectivity index (χ3v) is 3.59. The smallest absolute Gasteiger partial charge is 0.288 e. The molecule has 0 aromatic heterocycles. The van der Waals surface area contributed by atoms with E-state index in [4.69, 9.17) is 5.73 Å². The highest BCUT2D eigenvalue weighted by Crippen LogP contribution is 2.32. The van der Waals surface area contributed by atoms with Crippen LogP contribution in [-0.2, 0) is 0 Å². The molecule has 0 unspecified atom stereocenters. The molecule has 0 aliphatic carbocycles. The fourth-order valence-corrected chi connectivity index (χ4v) is 2.44. The van der Waals surface area contributed by atoms with Crippen molar-refractivity contribution in [3.05, 3.63) is 53.6 Å². The number of nitrogens with two attached hydrogens (primary N) is 1. The summed E-state index contributed by atoms with van der Waals surface area (Å²) in [4.78, 5) is 12.5. The second-order valence-electron chi connectivity index (χ2n) is 4.42. The summed E-state index contributed by atoms with van der Waals surface area (Å²) < 4.78 is 25.0. The maximum atomic E-state index is 12.5. The van der Waals surface area contributed by atoms with Crippen LogP contribution in [0.1, 0.15) is 15.9 Å². The van der Waals surface area contributed by atoms with Crippen LogP contribution >= 0.6 is 11.8 Å². The zero-order valence-electron chi connectivity index (χ0n) is 11.3. The van der Waals surface area contributed by atoms with Crippen LogP contribution in [0.25, 0.3) is 0 Å². The number of hydrogen-bond donors (Lipinski definition) is 2. The molecule has 6 heteroatoms. The molecular weight excluding hydrogens is 294 g/mol. The van der Waals surface area contributed by atoms with Gasteiger partial charge in [0, 0.05) is 10.6 Å². The van der Waals surface area contributed by atoms with Gasteiger partial charge in [0.2, 0.25) is 0 Å². The van der Waals surface area contributed by atoms with Crippen molar-refractivity contribution in [3.63, 3.8) is 0 Å². The molecule has 0 aliphatic heterocycles. The fraction of sp³-hybridized carbons (Fsp3) is 0.133. The highest BCUT2D eigenvalue weighted by atomic mass is 32.2. The van der Waals surface area contributed by atoms with Gasteiger partial charge in [-0.15, -0.1) is 0 Å². The first-order valence-corrected chi connectivity index (χ1v) is 7.06. The van der Waals surface area contributed by atoms with E-state index in [1.165, 1.54) is 6.07 Å². The molecule has 0 heterocycles. The van der Waals surface area contributed by atoms with Crippen molar-refractivity contribution >= 4 is 29.0 Å². The average Bonchev–Trinajstić information content (AvgIpc) is 2.40. The van der Waals surface area contributed by atoms with Gasteiger partial charge in [-0.25, -0.2) is 0 Å². The van der Waals surface area contributed by atoms with Crippen LogP contribution in [-0.4, -0.2) is 11.7 Å². The number of hydrogen-bond acceptors (Lipinski definition) is 3. The predicted octanol–water partition coefficient (Wildman–Crippen LogP) is 4.14. The second kappa shape index (κ2) is 6.58. The summed E-state index contributed by atoms with van der Waals surface area (Å²) in [6.07, 6.45) is 0. The predicted molar refractivity (Wildman–Crippen MR) is 81.8 cm³/mol. The van der Waals surface area contributed by atoms with E-state index in [2.05, 4.69) is 5.32 Å². The maximum absolute atomic E-state index is 12.5. The third-order valence-electron chi connectivity index (χ3n) is 2.80. The highest BCUT2D eigenvalue weighted by molar-refractivity contribution is 7.99. The van der Waals surface area contributed by atoms with Crippen molar-refractivity contribution in [2.75, 3.05) is 11.1 Å². The lowest BCUT2D eigenvalue weighted by molar-refractivity contribution is 0.102. The molecule has 1 amide bonds. The summed E-state index contributed by atoms with van der Waals surface area (Å²) in [6, 6.07) is 11.5. The Balaban J connectivity index is 2.23. The first kappa shape index (κ1) is 15.3. The van der Waals surface area contributed by atoms with Gasteiger partial charge in [0.15, 0.2) is 0 Å². The number of amides is 1. The molecule has 3 nitrogen and oxygen atoms in total. The topological polar surface area (TPSA) is 55.1 Å². The Hall–Kier alpha value is -2.08. The number of benzene rings is 2. The van der Waals surface area contributed by atoms with Crippen molar-refractivity contribution in [3.8, 4) is 0 Å². The number of nitrogen functional groups attached to an aromatic ring is 1. The van der Waals surface area contributed by atoms with Crippen molar-refractivity contribution < 1.29 is 13.6 Å². The van der Waals surface area contributed by atoms with Crippen molar-refractivity contribution in [1.29, 1.82) is 0 Å². The van der Waals surface area contributed by atoms with E-state index in [0.717, 1.165) is 5.56 Å². The standard InChI is InChI=1S/C15H14F2N2OS/c1-9-6-7-10(11(18)8-9)14(20)19-12-4-2-3-5-13(12)21-15(16)17/h2-8,15H,18H2,1H3,(H,19,20). The zero-order chi connectivity index (χ0) is 15.4. The van der Waals surface area contributed by atoms with Crippen LogP contribution in [0, 0.1) is 6.92 Å². The molecule has 0 spiro atoms. The lowest BCUT2D eigenvalue weighted by Gasteiger charge is -2.11. The molecular formula is C15H14F2N2OS. The first-order valence-electron chi connectivity index (χ1n) is 6.18. The first-order chi connectivity index (χ1) is 9.97. The Morgan fingerprint density at radius 2 is 1.95 bits per heavy atom. The lowest BCUT2D eigenvalue weighted by atomic mass is 10.1. The van der Waals surface area contributed by atoms with Crippen molar-refractivity contribution in [2.45, 2.75) is 17.6 Å². The molecule has 2 rings (SSSR count). The maximum Gasteiger partial charge on any atom is 0.288 e. The van der Waals surface area contributed by atoms with Gasteiger partial charge in [0.1, 0.15) is 0 Å². The van der Waals surface area contributed by atoms with Gasteiger partial charge in [0.25, 0.3) is 11.7 Å². The molecule has 2 aromatic rings. The molecule has 0 saturated carbocycles. The summed E-state index contributed by atoms with van der Waals surface area (Å²) in [5.41, 5.74) is 7.76. The van der Waals surface area contributed by atoms with Crippen LogP contribution in [0.15, 0.2) is 47.4 Å². The number of anilines is 2. The normalized spacial score (nSPS) is 10.7. The van der Waals surface area contributed by atoms with Crippen molar-refractivity contribution in [1.82, 2.24) is 0 Å². The number of thioether (sulfide) groups is 1. The fourth-order valence-electron chi connectivity index (χ4n) is 1.85. The number of nitrogens with one attached hydrogen (secondary N) is 1. The van der Waals surface area contributed by atoms with Gasteiger partial charge in [-0.3, -0.25) is 4.79 Å². The molecule has 2 aromatic carbocycles. The number of para-hydroxylation sites is 1. The molecule has 3 N–H and O–H groups in total. The van der Waals surface area contributed by atoms with Gasteiger partial charge in [-0.05, 0) is 36.8 Å². The largest absolute Gasteiger partial charge is 0.398 e. The number of alkyl halides is 2. The van der Waals surface area contributed by atoms with E-state index >= 15 is 0 Å². The molecule has 0 radical (unpaired) electrons. The van der Waals surface area contributed by atoms with Crippen LogP contribution in [0.4, 0.5) is 20.2 Å². The van der Waals surface area contributed by atoms with Gasteiger partial charge >= 0.3 is 0 Å². The highest BCUT2D eigenvalue weighted by Gasteiger charge is 2.14. The Labute approximate surface area is 125 Å². The minimum Gasteiger partial charge on any atom is -0.398 e. The van der Waals surface area contributed by atoms with E-state index in [9.17, 15) is 13.6 Å². The van der Waals surface area contributed by atoms with Gasteiger partial charge < -0.3 is 11.1 Å². The van der Waals surface area contributed by atoms with Crippen LogP contribution in [0.3, 0.4) is 0 Å². The molecule has 110 valence electrons. The number of carbonyl (C=O) groups is 1. The van der Waals surface area contributed by atoms with Gasteiger partial charge in [0.05, 0.1) is 11.3 Å². The second-order valence-corrected chi connectivity index (χ2v) is 5.45. The number of carbonyl (C=O) groups excluding carboxylic acids is 1.